The van der Waals surface area contributed by atoms with E-state index in [4.69, 9.17) is 10.5 Å². The normalized spacial score (nSPS) is 12.9. The first-order chi connectivity index (χ1) is 9.14. The number of benzene rings is 1. The fourth-order valence-electron chi connectivity index (χ4n) is 2.05. The molecule has 0 saturated carbocycles. The van der Waals surface area contributed by atoms with Crippen LogP contribution < -0.4 is 15.8 Å². The maximum Gasteiger partial charge on any atom is 0.261 e. The number of hydrogen-bond donors (Lipinski definition) is 2. The van der Waals surface area contributed by atoms with E-state index in [0.29, 0.717) is 6.54 Å². The Morgan fingerprint density at radius 1 is 1.30 bits per heavy atom. The maximum atomic E-state index is 12.1. The van der Waals surface area contributed by atoms with Crippen LogP contribution in [0.3, 0.4) is 0 Å². The van der Waals surface area contributed by atoms with Gasteiger partial charge in [-0.05, 0) is 58.2 Å². The molecular weight excluding hydrogens is 252 g/mol. The zero-order valence-electron chi connectivity index (χ0n) is 13.3. The van der Waals surface area contributed by atoms with E-state index >= 15 is 0 Å². The van der Waals surface area contributed by atoms with Crippen LogP contribution >= 0.6 is 0 Å². The summed E-state index contributed by atoms with van der Waals surface area (Å²) in [6, 6.07) is 3.99. The molecule has 1 rings (SSSR count). The Bertz CT molecular complexity index is 467. The number of rotatable bonds is 4. The van der Waals surface area contributed by atoms with Gasteiger partial charge in [0, 0.05) is 12.1 Å². The molecule has 1 aromatic rings. The summed E-state index contributed by atoms with van der Waals surface area (Å²) < 4.78 is 5.83. The van der Waals surface area contributed by atoms with Crippen molar-refractivity contribution in [2.75, 3.05) is 0 Å². The molecule has 4 heteroatoms. The lowest BCUT2D eigenvalue weighted by atomic mass is 10.1. The first-order valence-corrected chi connectivity index (χ1v) is 6.93. The minimum atomic E-state index is -0.532. The standard InChI is InChI=1S/C16H26N2O2/c1-10-7-13(9-17)8-11(2)14(10)20-12(3)15(19)18-16(4,5)6/h7-8,12H,9,17H2,1-6H3,(H,18,19). The molecule has 1 aromatic carbocycles. The van der Waals surface area contributed by atoms with E-state index in [1.807, 2.05) is 46.8 Å². The Hall–Kier alpha value is -1.55. The van der Waals surface area contributed by atoms with Crippen LogP contribution in [0.15, 0.2) is 12.1 Å². The summed E-state index contributed by atoms with van der Waals surface area (Å²) in [6.07, 6.45) is -0.532. The van der Waals surface area contributed by atoms with Gasteiger partial charge in [0.2, 0.25) is 0 Å². The molecule has 0 fully saturated rings. The highest BCUT2D eigenvalue weighted by Crippen LogP contribution is 2.25. The maximum absolute atomic E-state index is 12.1. The number of ether oxygens (including phenoxy) is 1. The van der Waals surface area contributed by atoms with Crippen molar-refractivity contribution in [2.45, 2.75) is 59.7 Å². The second-order valence-electron chi connectivity index (χ2n) is 6.26. The van der Waals surface area contributed by atoms with E-state index in [9.17, 15) is 4.79 Å². The Morgan fingerprint density at radius 3 is 2.20 bits per heavy atom. The van der Waals surface area contributed by atoms with Crippen LogP contribution in [-0.4, -0.2) is 17.6 Å². The summed E-state index contributed by atoms with van der Waals surface area (Å²) in [5.74, 6) is 0.651. The van der Waals surface area contributed by atoms with Crippen LogP contribution in [0.1, 0.15) is 44.4 Å². The van der Waals surface area contributed by atoms with Crippen LogP contribution in [0.2, 0.25) is 0 Å². The lowest BCUT2D eigenvalue weighted by Crippen LogP contribution is -2.46. The van der Waals surface area contributed by atoms with Gasteiger partial charge in [0.05, 0.1) is 0 Å². The van der Waals surface area contributed by atoms with Crippen molar-refractivity contribution in [3.05, 3.63) is 28.8 Å². The summed E-state index contributed by atoms with van der Waals surface area (Å²) in [4.78, 5) is 12.1. The minimum absolute atomic E-state index is 0.112. The molecule has 0 heterocycles. The summed E-state index contributed by atoms with van der Waals surface area (Å²) >= 11 is 0. The number of amides is 1. The van der Waals surface area contributed by atoms with Crippen LogP contribution in [-0.2, 0) is 11.3 Å². The lowest BCUT2D eigenvalue weighted by Gasteiger charge is -2.24. The summed E-state index contributed by atoms with van der Waals surface area (Å²) in [5, 5.41) is 2.92. The summed E-state index contributed by atoms with van der Waals surface area (Å²) in [7, 11) is 0. The molecular formula is C16H26N2O2. The van der Waals surface area contributed by atoms with Gasteiger partial charge in [-0.3, -0.25) is 4.79 Å². The van der Waals surface area contributed by atoms with Gasteiger partial charge >= 0.3 is 0 Å². The predicted molar refractivity (Wildman–Crippen MR) is 81.8 cm³/mol. The minimum Gasteiger partial charge on any atom is -0.480 e. The van der Waals surface area contributed by atoms with E-state index in [-0.39, 0.29) is 11.4 Å². The largest absolute Gasteiger partial charge is 0.480 e. The van der Waals surface area contributed by atoms with Crippen LogP contribution in [0, 0.1) is 13.8 Å². The third-order valence-corrected chi connectivity index (χ3v) is 2.92. The average Bonchev–Trinajstić information content (AvgIpc) is 2.30. The molecule has 1 atom stereocenters. The van der Waals surface area contributed by atoms with E-state index in [1.165, 1.54) is 0 Å². The molecule has 0 bridgehead atoms. The predicted octanol–water partition coefficient (Wildman–Crippen LogP) is 2.44. The highest BCUT2D eigenvalue weighted by atomic mass is 16.5. The highest BCUT2D eigenvalue weighted by Gasteiger charge is 2.21. The molecule has 0 saturated heterocycles. The lowest BCUT2D eigenvalue weighted by molar-refractivity contribution is -0.128. The molecule has 4 nitrogen and oxygen atoms in total. The zero-order valence-corrected chi connectivity index (χ0v) is 13.3. The second kappa shape index (κ2) is 6.27. The van der Waals surface area contributed by atoms with Crippen LogP contribution in [0.5, 0.6) is 5.75 Å². The van der Waals surface area contributed by atoms with Crippen molar-refractivity contribution in [2.24, 2.45) is 5.73 Å². The highest BCUT2D eigenvalue weighted by molar-refractivity contribution is 5.81. The monoisotopic (exact) mass is 278 g/mol. The van der Waals surface area contributed by atoms with Gasteiger partial charge < -0.3 is 15.8 Å². The third-order valence-electron chi connectivity index (χ3n) is 2.92. The quantitative estimate of drug-likeness (QED) is 0.889. The number of aryl methyl sites for hydroxylation is 2. The molecule has 1 unspecified atom stereocenters. The van der Waals surface area contributed by atoms with E-state index in [1.54, 1.807) is 6.92 Å². The fraction of sp³-hybridized carbons (Fsp3) is 0.562. The van der Waals surface area contributed by atoms with Crippen molar-refractivity contribution in [3.8, 4) is 5.75 Å². The molecule has 0 radical (unpaired) electrons. The SMILES string of the molecule is Cc1cc(CN)cc(C)c1OC(C)C(=O)NC(C)(C)C. The van der Waals surface area contributed by atoms with Gasteiger partial charge in [-0.25, -0.2) is 0 Å². The number of hydrogen-bond acceptors (Lipinski definition) is 3. The molecule has 0 aliphatic carbocycles. The zero-order chi connectivity index (χ0) is 15.5. The van der Waals surface area contributed by atoms with E-state index in [0.717, 1.165) is 22.4 Å². The summed E-state index contributed by atoms with van der Waals surface area (Å²) in [5.41, 5.74) is 8.46. The van der Waals surface area contributed by atoms with Crippen molar-refractivity contribution in [3.63, 3.8) is 0 Å². The molecule has 20 heavy (non-hydrogen) atoms. The number of carbonyl (C=O) groups excluding carboxylic acids is 1. The first kappa shape index (κ1) is 16.5. The molecule has 0 aliphatic rings. The number of nitrogens with one attached hydrogen (secondary N) is 1. The van der Waals surface area contributed by atoms with Crippen molar-refractivity contribution in [1.82, 2.24) is 5.32 Å². The fourth-order valence-corrected chi connectivity index (χ4v) is 2.05. The molecule has 1 amide bonds. The molecule has 0 spiro atoms. The van der Waals surface area contributed by atoms with E-state index < -0.39 is 6.10 Å². The smallest absolute Gasteiger partial charge is 0.261 e. The van der Waals surface area contributed by atoms with Gasteiger partial charge in [-0.15, -0.1) is 0 Å². The molecule has 0 aromatic heterocycles. The first-order valence-electron chi connectivity index (χ1n) is 6.93. The Kier molecular flexibility index (Phi) is 5.17. The Labute approximate surface area is 121 Å². The Balaban J connectivity index is 2.86. The van der Waals surface area contributed by atoms with Gasteiger partial charge in [0.15, 0.2) is 6.10 Å². The Morgan fingerprint density at radius 2 is 1.80 bits per heavy atom. The second-order valence-corrected chi connectivity index (χ2v) is 6.26. The van der Waals surface area contributed by atoms with Gasteiger partial charge in [0.25, 0.3) is 5.91 Å². The van der Waals surface area contributed by atoms with Gasteiger partial charge in [0.1, 0.15) is 5.75 Å². The van der Waals surface area contributed by atoms with Gasteiger partial charge in [-0.1, -0.05) is 12.1 Å². The number of carbonyl (C=O) groups is 1. The number of nitrogens with two attached hydrogens (primary N) is 1. The average molecular weight is 278 g/mol. The topological polar surface area (TPSA) is 64.3 Å². The van der Waals surface area contributed by atoms with Crippen LogP contribution in [0.4, 0.5) is 0 Å². The third kappa shape index (κ3) is 4.53. The summed E-state index contributed by atoms with van der Waals surface area (Å²) in [6.45, 7) is 12.0. The van der Waals surface area contributed by atoms with Crippen molar-refractivity contribution >= 4 is 5.91 Å². The van der Waals surface area contributed by atoms with Crippen LogP contribution in [0.25, 0.3) is 0 Å². The van der Waals surface area contributed by atoms with Crippen molar-refractivity contribution in [1.29, 1.82) is 0 Å². The molecule has 3 N–H and O–H groups in total. The van der Waals surface area contributed by atoms with E-state index in [2.05, 4.69) is 5.32 Å². The van der Waals surface area contributed by atoms with Gasteiger partial charge in [-0.2, -0.15) is 0 Å². The van der Waals surface area contributed by atoms with Crippen molar-refractivity contribution < 1.29 is 9.53 Å². The molecule has 0 aliphatic heterocycles. The molecule has 112 valence electrons.